The van der Waals surface area contributed by atoms with Gasteiger partial charge in [0.2, 0.25) is 12.5 Å². The molecule has 4 heterocycles. The van der Waals surface area contributed by atoms with Gasteiger partial charge in [-0.2, -0.15) is 0 Å². The average molecular weight is 617 g/mol. The molecule has 1 unspecified atom stereocenters. The summed E-state index contributed by atoms with van der Waals surface area (Å²) in [6, 6.07) is 7.18. The molecular formula is C31H36O13. The highest BCUT2D eigenvalue weighted by Crippen LogP contribution is 2.57. The highest BCUT2D eigenvalue weighted by Gasteiger charge is 2.56. The largest absolute Gasteiger partial charge is 0.502 e. The van der Waals surface area contributed by atoms with Gasteiger partial charge in [0.1, 0.15) is 24.4 Å². The van der Waals surface area contributed by atoms with Gasteiger partial charge >= 0.3 is 5.97 Å². The Kier molecular flexibility index (Phi) is 7.71. The lowest BCUT2D eigenvalue weighted by atomic mass is 9.66. The lowest BCUT2D eigenvalue weighted by Gasteiger charge is -2.49. The van der Waals surface area contributed by atoms with Gasteiger partial charge in [0, 0.05) is 26.1 Å². The smallest absolute Gasteiger partial charge is 0.310 e. The summed E-state index contributed by atoms with van der Waals surface area (Å²) in [6.45, 7) is 2.31. The second-order valence-corrected chi connectivity index (χ2v) is 11.4. The first-order valence-corrected chi connectivity index (χ1v) is 14.5. The van der Waals surface area contributed by atoms with Gasteiger partial charge < -0.3 is 57.2 Å². The van der Waals surface area contributed by atoms with Crippen LogP contribution in [0.5, 0.6) is 28.7 Å². The fourth-order valence-corrected chi connectivity index (χ4v) is 7.22. The van der Waals surface area contributed by atoms with Crippen molar-refractivity contribution in [2.24, 2.45) is 11.8 Å². The Labute approximate surface area is 254 Å². The molecule has 0 saturated carbocycles. The van der Waals surface area contributed by atoms with Crippen molar-refractivity contribution in [1.82, 2.24) is 0 Å². The van der Waals surface area contributed by atoms with E-state index in [2.05, 4.69) is 0 Å². The molecule has 1 N–H and O–H groups in total. The van der Waals surface area contributed by atoms with E-state index in [9.17, 15) is 9.90 Å². The number of benzene rings is 2. The third-order valence-electron chi connectivity index (χ3n) is 9.24. The van der Waals surface area contributed by atoms with E-state index in [1.165, 1.54) is 14.2 Å². The van der Waals surface area contributed by atoms with Crippen LogP contribution in [-0.4, -0.2) is 96.5 Å². The maximum Gasteiger partial charge on any atom is 0.310 e. The van der Waals surface area contributed by atoms with Gasteiger partial charge in [-0.3, -0.25) is 4.79 Å². The first-order chi connectivity index (χ1) is 21.4. The highest BCUT2D eigenvalue weighted by atomic mass is 16.8. The maximum absolute atomic E-state index is 13.5. The van der Waals surface area contributed by atoms with E-state index in [1.54, 1.807) is 26.4 Å². The molecule has 0 radical (unpaired) electrons. The molecule has 238 valence electrons. The molecule has 10 atom stereocenters. The number of phenolic OH excluding ortho intramolecular Hbond substituents is 1. The minimum absolute atomic E-state index is 0.0681. The lowest BCUT2D eigenvalue weighted by molar-refractivity contribution is -0.369. The van der Waals surface area contributed by atoms with E-state index in [4.69, 9.17) is 52.1 Å². The number of hydrogen-bond donors (Lipinski definition) is 1. The van der Waals surface area contributed by atoms with Crippen LogP contribution in [0.1, 0.15) is 35.6 Å². The molecule has 13 heteroatoms. The molecule has 0 amide bonds. The van der Waals surface area contributed by atoms with E-state index in [-0.39, 0.29) is 36.6 Å². The van der Waals surface area contributed by atoms with E-state index in [0.29, 0.717) is 23.7 Å². The Morgan fingerprint density at radius 2 is 1.52 bits per heavy atom. The topological polar surface area (TPSA) is 139 Å². The predicted octanol–water partition coefficient (Wildman–Crippen LogP) is 2.65. The van der Waals surface area contributed by atoms with Crippen LogP contribution in [0.25, 0.3) is 0 Å². The molecule has 3 saturated heterocycles. The Hall–Kier alpha value is -3.33. The molecule has 3 fully saturated rings. The number of hydrogen-bond acceptors (Lipinski definition) is 13. The minimum atomic E-state index is -0.892. The molecule has 44 heavy (non-hydrogen) atoms. The third kappa shape index (κ3) is 4.65. The molecule has 4 aliphatic heterocycles. The number of carbonyl (C=O) groups excluding carboxylic acids is 1. The monoisotopic (exact) mass is 616 g/mol. The zero-order chi connectivity index (χ0) is 30.7. The van der Waals surface area contributed by atoms with E-state index in [0.717, 1.165) is 11.1 Å². The molecule has 0 bridgehead atoms. The summed E-state index contributed by atoms with van der Waals surface area (Å²) >= 11 is 0. The van der Waals surface area contributed by atoms with Crippen molar-refractivity contribution in [2.45, 2.75) is 55.9 Å². The molecule has 1 aliphatic carbocycles. The summed E-state index contributed by atoms with van der Waals surface area (Å²) in [5, 5.41) is 10.6. The number of aromatic hydroxyl groups is 1. The molecule has 13 nitrogen and oxygen atoms in total. The Balaban J connectivity index is 1.33. The third-order valence-corrected chi connectivity index (χ3v) is 9.24. The van der Waals surface area contributed by atoms with Gasteiger partial charge in [-0.05, 0) is 47.9 Å². The van der Waals surface area contributed by atoms with Crippen LogP contribution in [0.2, 0.25) is 0 Å². The van der Waals surface area contributed by atoms with Crippen LogP contribution in [0.3, 0.4) is 0 Å². The summed E-state index contributed by atoms with van der Waals surface area (Å²) in [5.74, 6) is -0.531. The summed E-state index contributed by atoms with van der Waals surface area (Å²) in [7, 11) is 6.08. The van der Waals surface area contributed by atoms with Crippen molar-refractivity contribution in [3.8, 4) is 28.7 Å². The number of esters is 1. The van der Waals surface area contributed by atoms with Crippen LogP contribution < -0.4 is 18.9 Å². The molecule has 0 spiro atoms. The minimum Gasteiger partial charge on any atom is -0.502 e. The first-order valence-electron chi connectivity index (χ1n) is 14.5. The van der Waals surface area contributed by atoms with Gasteiger partial charge in [0.05, 0.1) is 39.5 Å². The number of phenols is 1. The quantitative estimate of drug-likeness (QED) is 0.457. The lowest BCUT2D eigenvalue weighted by Crippen LogP contribution is -2.64. The fourth-order valence-electron chi connectivity index (χ4n) is 7.22. The molecular weight excluding hydrogens is 580 g/mol. The number of fused-ring (bicyclic) bond motifs is 4. The second-order valence-electron chi connectivity index (χ2n) is 11.4. The normalized spacial score (nSPS) is 35.3. The van der Waals surface area contributed by atoms with Crippen LogP contribution in [0.4, 0.5) is 0 Å². The summed E-state index contributed by atoms with van der Waals surface area (Å²) in [5.41, 5.74) is 2.25. The average Bonchev–Trinajstić information content (AvgIpc) is 3.66. The second kappa shape index (κ2) is 11.5. The van der Waals surface area contributed by atoms with Gasteiger partial charge in [0.15, 0.2) is 35.6 Å². The van der Waals surface area contributed by atoms with Gasteiger partial charge in [0.25, 0.3) is 0 Å². The van der Waals surface area contributed by atoms with Crippen LogP contribution in [-0.2, 0) is 38.0 Å². The zero-order valence-corrected chi connectivity index (χ0v) is 25.1. The molecule has 0 aromatic heterocycles. The van der Waals surface area contributed by atoms with Gasteiger partial charge in [-0.1, -0.05) is 0 Å². The van der Waals surface area contributed by atoms with Crippen molar-refractivity contribution in [3.05, 3.63) is 41.0 Å². The number of methoxy groups -OCH3 is 4. The first kappa shape index (κ1) is 29.4. The van der Waals surface area contributed by atoms with Crippen molar-refractivity contribution in [3.63, 3.8) is 0 Å². The standard InChI is InChI=1S/C31H36O13/c1-13-38-11-22-27(42-13)28(36-4)29(37-5)31(43-22)44-26-16-9-19-18(40-12-41-19)8-15(16)23(24-17(26)10-39-30(24)33)14-6-20(34-2)25(32)21(7-14)35-3/h6-9,13,17,22-24,26-29,31-32H,10-12H2,1-5H3/t13-,17+,22-,23-,24+,26-,27-,28+,29-,31?/m1/s1. The van der Waals surface area contributed by atoms with Gasteiger partial charge in [-0.15, -0.1) is 0 Å². The number of cyclic esters (lactones) is 1. The number of ether oxygens (including phenoxy) is 11. The Morgan fingerprint density at radius 3 is 2.18 bits per heavy atom. The van der Waals surface area contributed by atoms with E-state index >= 15 is 0 Å². The number of carbonyl (C=O) groups is 1. The molecule has 2 aromatic carbocycles. The van der Waals surface area contributed by atoms with Crippen molar-refractivity contribution in [2.75, 3.05) is 48.4 Å². The van der Waals surface area contributed by atoms with Crippen LogP contribution in [0, 0.1) is 11.8 Å². The van der Waals surface area contributed by atoms with Crippen LogP contribution >= 0.6 is 0 Å². The van der Waals surface area contributed by atoms with E-state index < -0.39 is 60.9 Å². The van der Waals surface area contributed by atoms with Crippen molar-refractivity contribution in [1.29, 1.82) is 0 Å². The zero-order valence-electron chi connectivity index (χ0n) is 25.1. The van der Waals surface area contributed by atoms with Crippen LogP contribution in [0.15, 0.2) is 24.3 Å². The highest BCUT2D eigenvalue weighted by molar-refractivity contribution is 5.79. The molecule has 7 rings (SSSR count). The van der Waals surface area contributed by atoms with E-state index in [1.807, 2.05) is 19.1 Å². The van der Waals surface area contributed by atoms with Crippen molar-refractivity contribution >= 4 is 5.97 Å². The summed E-state index contributed by atoms with van der Waals surface area (Å²) < 4.78 is 64.9. The SMILES string of the molecule is COc1cc([C@@H]2c3cc4c(cc3[C@@H](OC3O[C@@H]5CO[C@@H](C)O[C@H]5[C@H](OC)[C@H]3OC)[C@H]3COC(=O)[C@H]23)OCO4)cc(OC)c1O. The van der Waals surface area contributed by atoms with Crippen molar-refractivity contribution < 1.29 is 62.0 Å². The molecule has 2 aromatic rings. The predicted molar refractivity (Wildman–Crippen MR) is 148 cm³/mol. The summed E-state index contributed by atoms with van der Waals surface area (Å²) in [6.07, 6.45) is -4.01. The summed E-state index contributed by atoms with van der Waals surface area (Å²) in [4.78, 5) is 13.5. The maximum atomic E-state index is 13.5. The molecule has 5 aliphatic rings. The number of rotatable bonds is 7. The Morgan fingerprint density at radius 1 is 0.841 bits per heavy atom. The fraction of sp³-hybridized carbons (Fsp3) is 0.581. The Bertz CT molecular complexity index is 1390. The van der Waals surface area contributed by atoms with Gasteiger partial charge in [-0.25, -0.2) is 0 Å².